The summed E-state index contributed by atoms with van der Waals surface area (Å²) in [5, 5.41) is 4.21. The quantitative estimate of drug-likeness (QED) is 0.785. The first-order valence-electron chi connectivity index (χ1n) is 5.37. The lowest BCUT2D eigenvalue weighted by Crippen LogP contribution is -2.36. The number of halogens is 4. The molecule has 1 aromatic rings. The molecule has 4 N–H and O–H groups in total. The van der Waals surface area contributed by atoms with Gasteiger partial charge in [-0.25, -0.2) is 0 Å². The van der Waals surface area contributed by atoms with Gasteiger partial charge in [-0.15, -0.1) is 0 Å². The number of hydrogen-bond donors (Lipinski definition) is 3. The fourth-order valence-corrected chi connectivity index (χ4v) is 1.52. The van der Waals surface area contributed by atoms with Crippen LogP contribution in [0, 0.1) is 0 Å². The molecule has 0 saturated carbocycles. The van der Waals surface area contributed by atoms with Crippen molar-refractivity contribution in [3.05, 3.63) is 28.8 Å². The van der Waals surface area contributed by atoms with E-state index in [-0.39, 0.29) is 17.3 Å². The van der Waals surface area contributed by atoms with Crippen LogP contribution in [0.15, 0.2) is 18.2 Å². The fraction of sp³-hybridized carbons (Fsp3) is 0.273. The number of carbonyl (C=O) groups is 2. The van der Waals surface area contributed by atoms with Gasteiger partial charge in [0.05, 0.1) is 18.7 Å². The van der Waals surface area contributed by atoms with Crippen LogP contribution in [0.4, 0.5) is 18.9 Å². The molecular weight excluding hydrogens is 299 g/mol. The lowest BCUT2D eigenvalue weighted by molar-refractivity contribution is -0.137. The molecule has 0 heterocycles. The second-order valence-electron chi connectivity index (χ2n) is 3.76. The summed E-state index contributed by atoms with van der Waals surface area (Å²) in [4.78, 5) is 22.2. The van der Waals surface area contributed by atoms with Gasteiger partial charge >= 0.3 is 6.18 Å². The summed E-state index contributed by atoms with van der Waals surface area (Å²) >= 11 is 5.55. The summed E-state index contributed by atoms with van der Waals surface area (Å²) in [6, 6.07) is 2.65. The zero-order chi connectivity index (χ0) is 15.3. The van der Waals surface area contributed by atoms with Crippen LogP contribution in [0.5, 0.6) is 0 Å². The molecule has 0 aliphatic rings. The first kappa shape index (κ1) is 16.3. The van der Waals surface area contributed by atoms with Gasteiger partial charge in [-0.3, -0.25) is 9.59 Å². The van der Waals surface area contributed by atoms with Gasteiger partial charge in [0.15, 0.2) is 0 Å². The van der Waals surface area contributed by atoms with Crippen LogP contribution in [0.25, 0.3) is 0 Å². The van der Waals surface area contributed by atoms with Gasteiger partial charge < -0.3 is 16.4 Å². The molecule has 5 nitrogen and oxygen atoms in total. The van der Waals surface area contributed by atoms with Crippen molar-refractivity contribution in [1.82, 2.24) is 5.32 Å². The number of carbonyl (C=O) groups excluding carboxylic acids is 2. The minimum Gasteiger partial charge on any atom is -0.346 e. The average molecular weight is 310 g/mol. The molecule has 9 heteroatoms. The highest BCUT2D eigenvalue weighted by Gasteiger charge is 2.31. The van der Waals surface area contributed by atoms with E-state index in [0.717, 1.165) is 12.1 Å². The van der Waals surface area contributed by atoms with Gasteiger partial charge in [-0.05, 0) is 18.2 Å². The highest BCUT2D eigenvalue weighted by molar-refractivity contribution is 6.31. The normalized spacial score (nSPS) is 11.1. The Morgan fingerprint density at radius 1 is 1.20 bits per heavy atom. The van der Waals surface area contributed by atoms with Crippen molar-refractivity contribution in [2.45, 2.75) is 6.18 Å². The summed E-state index contributed by atoms with van der Waals surface area (Å²) in [7, 11) is 0. The smallest absolute Gasteiger partial charge is 0.346 e. The van der Waals surface area contributed by atoms with Crippen molar-refractivity contribution < 1.29 is 22.8 Å². The number of hydrogen-bond acceptors (Lipinski definition) is 3. The molecule has 0 radical (unpaired) electrons. The first-order valence-corrected chi connectivity index (χ1v) is 5.74. The monoisotopic (exact) mass is 309 g/mol. The van der Waals surface area contributed by atoms with E-state index in [0.29, 0.717) is 0 Å². The van der Waals surface area contributed by atoms with E-state index in [9.17, 15) is 22.8 Å². The third kappa shape index (κ3) is 5.06. The number of nitrogens with one attached hydrogen (secondary N) is 2. The Morgan fingerprint density at radius 3 is 2.40 bits per heavy atom. The standard InChI is InChI=1S/C11H11ClF3N3O2/c12-7-1-6(11(13,14)15)2-8(3-7)18-10(20)5-17-9(19)4-16/h1-3H,4-5,16H2,(H,17,19)(H,18,20). The van der Waals surface area contributed by atoms with Crippen LogP contribution < -0.4 is 16.4 Å². The molecular formula is C11H11ClF3N3O2. The lowest BCUT2D eigenvalue weighted by Gasteiger charge is -2.11. The third-order valence-electron chi connectivity index (χ3n) is 2.14. The van der Waals surface area contributed by atoms with Gasteiger partial charge in [0.2, 0.25) is 11.8 Å². The van der Waals surface area contributed by atoms with E-state index in [4.69, 9.17) is 17.3 Å². The van der Waals surface area contributed by atoms with E-state index >= 15 is 0 Å². The molecule has 0 fully saturated rings. The Kier molecular flexibility index (Phi) is 5.34. The summed E-state index contributed by atoms with van der Waals surface area (Å²) in [6.45, 7) is -0.688. The van der Waals surface area contributed by atoms with E-state index in [1.165, 1.54) is 6.07 Å². The summed E-state index contributed by atoms with van der Waals surface area (Å²) in [5.41, 5.74) is 3.92. The maximum Gasteiger partial charge on any atom is 0.416 e. The molecule has 110 valence electrons. The molecule has 0 bridgehead atoms. The number of rotatable bonds is 4. The SMILES string of the molecule is NCC(=O)NCC(=O)Nc1cc(Cl)cc(C(F)(F)F)c1. The number of benzene rings is 1. The van der Waals surface area contributed by atoms with Crippen LogP contribution >= 0.6 is 11.6 Å². The summed E-state index contributed by atoms with van der Waals surface area (Å²) < 4.78 is 37.6. The predicted octanol–water partition coefficient (Wildman–Crippen LogP) is 1.37. The average Bonchev–Trinajstić information content (AvgIpc) is 2.34. The topological polar surface area (TPSA) is 84.2 Å². The molecule has 0 saturated heterocycles. The number of amides is 2. The predicted molar refractivity (Wildman–Crippen MR) is 67.1 cm³/mol. The van der Waals surface area contributed by atoms with Gasteiger partial charge in [0.25, 0.3) is 0 Å². The van der Waals surface area contributed by atoms with Gasteiger partial charge in [0, 0.05) is 10.7 Å². The van der Waals surface area contributed by atoms with Crippen molar-refractivity contribution in [2.75, 3.05) is 18.4 Å². The fourth-order valence-electron chi connectivity index (χ4n) is 1.28. The van der Waals surface area contributed by atoms with E-state index < -0.39 is 30.1 Å². The Balaban J connectivity index is 2.75. The van der Waals surface area contributed by atoms with Gasteiger partial charge in [-0.1, -0.05) is 11.6 Å². The van der Waals surface area contributed by atoms with Crippen molar-refractivity contribution >= 4 is 29.1 Å². The molecule has 0 aliphatic carbocycles. The van der Waals surface area contributed by atoms with Crippen molar-refractivity contribution in [3.8, 4) is 0 Å². The van der Waals surface area contributed by atoms with Gasteiger partial charge in [-0.2, -0.15) is 13.2 Å². The minimum atomic E-state index is -4.57. The molecule has 1 aromatic carbocycles. The number of nitrogens with two attached hydrogens (primary N) is 1. The Labute approximate surface area is 117 Å². The number of anilines is 1. The third-order valence-corrected chi connectivity index (χ3v) is 2.36. The van der Waals surface area contributed by atoms with E-state index in [1.807, 2.05) is 0 Å². The largest absolute Gasteiger partial charge is 0.416 e. The van der Waals surface area contributed by atoms with E-state index in [1.54, 1.807) is 0 Å². The molecule has 1 rings (SSSR count). The first-order chi connectivity index (χ1) is 9.22. The molecule has 2 amide bonds. The summed E-state index contributed by atoms with van der Waals surface area (Å²) in [6.07, 6.45) is -4.57. The second kappa shape index (κ2) is 6.58. The Hall–Kier alpha value is -1.80. The summed E-state index contributed by atoms with van der Waals surface area (Å²) in [5.74, 6) is -1.25. The molecule has 0 atom stereocenters. The van der Waals surface area contributed by atoms with Gasteiger partial charge in [0.1, 0.15) is 0 Å². The van der Waals surface area contributed by atoms with Crippen LogP contribution in [-0.4, -0.2) is 24.9 Å². The Bertz CT molecular complexity index is 520. The van der Waals surface area contributed by atoms with Crippen molar-refractivity contribution in [2.24, 2.45) is 5.73 Å². The molecule has 0 unspecified atom stereocenters. The van der Waals surface area contributed by atoms with Crippen LogP contribution in [0.2, 0.25) is 5.02 Å². The zero-order valence-electron chi connectivity index (χ0n) is 10.1. The van der Waals surface area contributed by atoms with Crippen molar-refractivity contribution in [3.63, 3.8) is 0 Å². The minimum absolute atomic E-state index is 0.114. The molecule has 0 spiro atoms. The second-order valence-corrected chi connectivity index (χ2v) is 4.19. The van der Waals surface area contributed by atoms with Crippen molar-refractivity contribution in [1.29, 1.82) is 0 Å². The molecule has 20 heavy (non-hydrogen) atoms. The highest BCUT2D eigenvalue weighted by atomic mass is 35.5. The maximum absolute atomic E-state index is 12.5. The maximum atomic E-state index is 12.5. The molecule has 0 aromatic heterocycles. The van der Waals surface area contributed by atoms with E-state index in [2.05, 4.69) is 10.6 Å². The zero-order valence-corrected chi connectivity index (χ0v) is 10.8. The van der Waals surface area contributed by atoms with Crippen LogP contribution in [-0.2, 0) is 15.8 Å². The Morgan fingerprint density at radius 2 is 1.85 bits per heavy atom. The molecule has 0 aliphatic heterocycles. The van der Waals surface area contributed by atoms with Crippen LogP contribution in [0.1, 0.15) is 5.56 Å². The van der Waals surface area contributed by atoms with Crippen LogP contribution in [0.3, 0.4) is 0 Å². The lowest BCUT2D eigenvalue weighted by atomic mass is 10.2. The number of alkyl halides is 3. The highest BCUT2D eigenvalue weighted by Crippen LogP contribution is 2.33.